The third kappa shape index (κ3) is 7.37. The first-order valence-corrected chi connectivity index (χ1v) is 12.8. The number of nitrogens with one attached hydrogen (secondary N) is 4. The molecule has 2 aromatic rings. The zero-order valence-electron chi connectivity index (χ0n) is 22.4. The van der Waals surface area contributed by atoms with E-state index in [-0.39, 0.29) is 24.3 Å². The highest BCUT2D eigenvalue weighted by atomic mass is 19.1. The van der Waals surface area contributed by atoms with Gasteiger partial charge in [0.05, 0.1) is 12.0 Å². The van der Waals surface area contributed by atoms with E-state index < -0.39 is 29.2 Å². The third-order valence-electron chi connectivity index (χ3n) is 7.16. The highest BCUT2D eigenvalue weighted by Gasteiger charge is 2.36. The molecule has 1 aliphatic rings. The van der Waals surface area contributed by atoms with E-state index in [0.717, 1.165) is 30.2 Å². The summed E-state index contributed by atoms with van der Waals surface area (Å²) in [7, 11) is 3.32. The maximum absolute atomic E-state index is 13.8. The van der Waals surface area contributed by atoms with Gasteiger partial charge in [-0.25, -0.2) is 14.2 Å². The number of hydrogen-bond donors (Lipinski definition) is 5. The minimum absolute atomic E-state index is 0.0137. The molecule has 8 heteroatoms. The largest absolute Gasteiger partial charge is 0.391 e. The Balaban J connectivity index is 1.87. The lowest BCUT2D eigenvalue weighted by Gasteiger charge is -2.40. The molecular weight excluding hydrogens is 474 g/mol. The molecular formula is C29H40F2N4O2. The lowest BCUT2D eigenvalue weighted by Crippen LogP contribution is -2.50. The molecule has 202 valence electrons. The predicted octanol–water partition coefficient (Wildman–Crippen LogP) is 3.80. The van der Waals surface area contributed by atoms with Crippen molar-refractivity contribution in [3.8, 4) is 0 Å². The number of aliphatic hydroxyl groups excluding tert-OH is 1. The van der Waals surface area contributed by atoms with Crippen LogP contribution < -0.4 is 21.5 Å². The second-order valence-corrected chi connectivity index (χ2v) is 10.9. The molecule has 3 rings (SSSR count). The fourth-order valence-electron chi connectivity index (χ4n) is 4.95. The number of carbonyl (C=O) groups is 1. The lowest BCUT2D eigenvalue weighted by molar-refractivity contribution is -0.128. The van der Waals surface area contributed by atoms with Gasteiger partial charge in [-0.2, -0.15) is 0 Å². The first kappa shape index (κ1) is 28.8. The number of aliphatic hydroxyl groups is 1. The molecule has 0 saturated heterocycles. The van der Waals surface area contributed by atoms with Gasteiger partial charge in [0.15, 0.2) is 0 Å². The van der Waals surface area contributed by atoms with Gasteiger partial charge in [-0.05, 0) is 59.9 Å². The second-order valence-electron chi connectivity index (χ2n) is 10.9. The van der Waals surface area contributed by atoms with E-state index >= 15 is 0 Å². The maximum atomic E-state index is 13.8. The molecule has 0 aliphatic heterocycles. The van der Waals surface area contributed by atoms with Crippen molar-refractivity contribution in [3.63, 3.8) is 0 Å². The van der Waals surface area contributed by atoms with E-state index in [2.05, 4.69) is 72.6 Å². The average molecular weight is 515 g/mol. The fraction of sp³-hybridized carbons (Fsp3) is 0.483. The average Bonchev–Trinajstić information content (AvgIpc) is 2.85. The van der Waals surface area contributed by atoms with Crippen LogP contribution in [0.5, 0.6) is 0 Å². The van der Waals surface area contributed by atoms with Crippen LogP contribution in [0.25, 0.3) is 0 Å². The molecule has 0 aromatic heterocycles. The van der Waals surface area contributed by atoms with Gasteiger partial charge in [0.1, 0.15) is 11.6 Å². The summed E-state index contributed by atoms with van der Waals surface area (Å²) in [6.07, 6.45) is 3.36. The molecule has 0 saturated carbocycles. The number of hydrazine groups is 1. The third-order valence-corrected chi connectivity index (χ3v) is 7.16. The summed E-state index contributed by atoms with van der Waals surface area (Å²) in [5, 5.41) is 17.3. The molecule has 1 aliphatic carbocycles. The molecule has 37 heavy (non-hydrogen) atoms. The first-order chi connectivity index (χ1) is 17.5. The van der Waals surface area contributed by atoms with Crippen molar-refractivity contribution < 1.29 is 18.7 Å². The van der Waals surface area contributed by atoms with Gasteiger partial charge in [0.25, 0.3) is 0 Å². The Morgan fingerprint density at radius 1 is 1.11 bits per heavy atom. The van der Waals surface area contributed by atoms with E-state index in [4.69, 9.17) is 0 Å². The Morgan fingerprint density at radius 3 is 2.38 bits per heavy atom. The molecule has 0 radical (unpaired) electrons. The Kier molecular flexibility index (Phi) is 9.45. The highest BCUT2D eigenvalue weighted by Crippen LogP contribution is 2.38. The molecule has 0 bridgehead atoms. The summed E-state index contributed by atoms with van der Waals surface area (Å²) >= 11 is 0. The predicted molar refractivity (Wildman–Crippen MR) is 143 cm³/mol. The van der Waals surface area contributed by atoms with Gasteiger partial charge in [0, 0.05) is 37.9 Å². The van der Waals surface area contributed by atoms with Crippen molar-refractivity contribution in [2.75, 3.05) is 20.6 Å². The smallest absolute Gasteiger partial charge is 0.225 e. The van der Waals surface area contributed by atoms with Crippen LogP contribution in [-0.2, 0) is 22.2 Å². The van der Waals surface area contributed by atoms with Crippen molar-refractivity contribution in [3.05, 3.63) is 82.6 Å². The molecule has 0 spiro atoms. The normalized spacial score (nSPS) is 19.6. The van der Waals surface area contributed by atoms with Crippen LogP contribution in [0.4, 0.5) is 8.78 Å². The van der Waals surface area contributed by atoms with Crippen molar-refractivity contribution in [1.82, 2.24) is 21.5 Å². The molecule has 0 fully saturated rings. The molecule has 5 N–H and O–H groups in total. The first-order valence-electron chi connectivity index (χ1n) is 12.8. The standard InChI is InChI=1S/C29H40F2N4O2/c1-28(2,3)20-7-6-8-21(16-20)29(11-9-24(10-12-29)35-33-5)34-18-26(36)25(27(37)32-4)15-19-13-22(30)17-23(31)14-19/h6-9,13-14,16-17,25-26,33-36H,10-12,15,18H2,1-5H3,(H,32,37). The number of allylic oxidation sites excluding steroid dienone is 1. The van der Waals surface area contributed by atoms with E-state index in [9.17, 15) is 18.7 Å². The number of carbonyl (C=O) groups excluding carboxylic acids is 1. The molecule has 2 aromatic carbocycles. The summed E-state index contributed by atoms with van der Waals surface area (Å²) in [5.74, 6) is -2.68. The van der Waals surface area contributed by atoms with E-state index in [1.165, 1.54) is 24.7 Å². The summed E-state index contributed by atoms with van der Waals surface area (Å²) < 4.78 is 27.5. The zero-order chi connectivity index (χ0) is 27.2. The van der Waals surface area contributed by atoms with Crippen LogP contribution in [0, 0.1) is 17.6 Å². The molecule has 3 atom stereocenters. The summed E-state index contributed by atoms with van der Waals surface area (Å²) in [6, 6.07) is 11.7. The lowest BCUT2D eigenvalue weighted by atomic mass is 9.76. The topological polar surface area (TPSA) is 85.4 Å². The fourth-order valence-corrected chi connectivity index (χ4v) is 4.95. The second kappa shape index (κ2) is 12.2. The Hall–Kier alpha value is -2.81. The van der Waals surface area contributed by atoms with Gasteiger partial charge in [-0.1, -0.05) is 51.1 Å². The van der Waals surface area contributed by atoms with E-state index in [1.54, 1.807) is 0 Å². The van der Waals surface area contributed by atoms with Gasteiger partial charge in [0.2, 0.25) is 5.91 Å². The van der Waals surface area contributed by atoms with Crippen molar-refractivity contribution >= 4 is 5.91 Å². The van der Waals surface area contributed by atoms with Gasteiger partial charge in [-0.15, -0.1) is 0 Å². The van der Waals surface area contributed by atoms with Crippen molar-refractivity contribution in [1.29, 1.82) is 0 Å². The zero-order valence-corrected chi connectivity index (χ0v) is 22.4. The van der Waals surface area contributed by atoms with Gasteiger partial charge in [-0.3, -0.25) is 4.79 Å². The van der Waals surface area contributed by atoms with E-state index in [1.807, 2.05) is 7.05 Å². The summed E-state index contributed by atoms with van der Waals surface area (Å²) in [4.78, 5) is 12.7. The molecule has 1 amide bonds. The van der Waals surface area contributed by atoms with Crippen LogP contribution in [0.2, 0.25) is 0 Å². The minimum atomic E-state index is -1.07. The summed E-state index contributed by atoms with van der Waals surface area (Å²) in [5.41, 5.74) is 9.43. The maximum Gasteiger partial charge on any atom is 0.225 e. The van der Waals surface area contributed by atoms with E-state index in [0.29, 0.717) is 12.0 Å². The van der Waals surface area contributed by atoms with Gasteiger partial charge < -0.3 is 21.2 Å². The number of benzene rings is 2. The van der Waals surface area contributed by atoms with Crippen molar-refractivity contribution in [2.24, 2.45) is 5.92 Å². The Morgan fingerprint density at radius 2 is 1.81 bits per heavy atom. The van der Waals surface area contributed by atoms with Crippen LogP contribution in [0.1, 0.15) is 56.7 Å². The minimum Gasteiger partial charge on any atom is -0.391 e. The SMILES string of the molecule is CNNC1=CCC(NCC(O)C(Cc2cc(F)cc(F)c2)C(=O)NC)(c2cccc(C(C)(C)C)c2)CC1. The van der Waals surface area contributed by atoms with Crippen molar-refractivity contribution in [2.45, 2.75) is 63.5 Å². The number of hydrogen-bond acceptors (Lipinski definition) is 5. The molecule has 0 heterocycles. The number of halogens is 2. The van der Waals surface area contributed by atoms with Crippen LogP contribution in [0.15, 0.2) is 54.2 Å². The summed E-state index contributed by atoms with van der Waals surface area (Å²) in [6.45, 7) is 6.66. The monoisotopic (exact) mass is 514 g/mol. The highest BCUT2D eigenvalue weighted by molar-refractivity contribution is 5.79. The Bertz CT molecular complexity index is 1100. The molecule has 3 unspecified atom stereocenters. The number of amides is 1. The number of rotatable bonds is 10. The van der Waals surface area contributed by atoms with Crippen LogP contribution >= 0.6 is 0 Å². The quantitative estimate of drug-likeness (QED) is 0.312. The van der Waals surface area contributed by atoms with Crippen LogP contribution in [0.3, 0.4) is 0 Å². The van der Waals surface area contributed by atoms with Gasteiger partial charge >= 0.3 is 0 Å². The van der Waals surface area contributed by atoms with Crippen LogP contribution in [-0.4, -0.2) is 37.8 Å². The molecule has 6 nitrogen and oxygen atoms in total. The Labute approximate surface area is 218 Å².